The number of nitrogens with one attached hydrogen (secondary N) is 2. The van der Waals surface area contributed by atoms with E-state index in [9.17, 15) is 9.59 Å². The predicted octanol–water partition coefficient (Wildman–Crippen LogP) is 3.36. The quantitative estimate of drug-likeness (QED) is 0.827. The van der Waals surface area contributed by atoms with Gasteiger partial charge < -0.3 is 0 Å². The van der Waals surface area contributed by atoms with Crippen molar-refractivity contribution in [2.45, 2.75) is 25.7 Å². The van der Waals surface area contributed by atoms with E-state index < -0.39 is 5.91 Å². The summed E-state index contributed by atoms with van der Waals surface area (Å²) in [7, 11) is 0. The highest BCUT2D eigenvalue weighted by molar-refractivity contribution is 7.10. The number of fused-ring (bicyclic) bond motifs is 1. The van der Waals surface area contributed by atoms with Crippen LogP contribution in [0.1, 0.15) is 44.0 Å². The molecule has 1 aliphatic carbocycles. The van der Waals surface area contributed by atoms with Crippen LogP contribution in [0.2, 0.25) is 5.02 Å². The summed E-state index contributed by atoms with van der Waals surface area (Å²) in [6.07, 6.45) is 4.26. The van der Waals surface area contributed by atoms with Crippen molar-refractivity contribution in [3.63, 3.8) is 0 Å². The van der Waals surface area contributed by atoms with E-state index in [0.717, 1.165) is 24.8 Å². The van der Waals surface area contributed by atoms with Gasteiger partial charge in [-0.1, -0.05) is 23.7 Å². The average Bonchev–Trinajstić information content (AvgIpc) is 2.97. The molecule has 0 fully saturated rings. The molecule has 6 heteroatoms. The van der Waals surface area contributed by atoms with E-state index in [2.05, 4.69) is 10.9 Å². The third-order valence-corrected chi connectivity index (χ3v) is 5.13. The van der Waals surface area contributed by atoms with E-state index in [0.29, 0.717) is 16.1 Å². The average molecular weight is 335 g/mol. The monoisotopic (exact) mass is 334 g/mol. The minimum Gasteiger partial charge on any atom is -0.267 e. The predicted molar refractivity (Wildman–Crippen MR) is 87.3 cm³/mol. The molecule has 2 amide bonds. The summed E-state index contributed by atoms with van der Waals surface area (Å²) >= 11 is 7.58. The molecule has 0 atom stereocenters. The molecule has 3 rings (SSSR count). The van der Waals surface area contributed by atoms with Crippen LogP contribution in [0.3, 0.4) is 0 Å². The van der Waals surface area contributed by atoms with Crippen molar-refractivity contribution in [1.29, 1.82) is 0 Å². The first-order chi connectivity index (χ1) is 10.7. The zero-order valence-electron chi connectivity index (χ0n) is 11.8. The van der Waals surface area contributed by atoms with Crippen LogP contribution in [0.15, 0.2) is 29.6 Å². The van der Waals surface area contributed by atoms with E-state index in [4.69, 9.17) is 11.6 Å². The molecular formula is C16H15ClN2O2S. The second kappa shape index (κ2) is 6.50. The van der Waals surface area contributed by atoms with Gasteiger partial charge in [0.05, 0.1) is 16.1 Å². The minimum atomic E-state index is -0.428. The number of halogens is 1. The van der Waals surface area contributed by atoms with Gasteiger partial charge >= 0.3 is 0 Å². The van der Waals surface area contributed by atoms with Gasteiger partial charge in [-0.3, -0.25) is 20.4 Å². The van der Waals surface area contributed by atoms with Crippen LogP contribution in [0, 0.1) is 0 Å². The van der Waals surface area contributed by atoms with Crippen molar-refractivity contribution >= 4 is 34.8 Å². The van der Waals surface area contributed by atoms with Crippen molar-refractivity contribution < 1.29 is 9.59 Å². The Balaban J connectivity index is 1.67. The van der Waals surface area contributed by atoms with Crippen molar-refractivity contribution in [2.24, 2.45) is 0 Å². The molecule has 0 bridgehead atoms. The number of aryl methyl sites for hydroxylation is 1. The first kappa shape index (κ1) is 15.1. The number of benzene rings is 1. The number of hydrazine groups is 1. The van der Waals surface area contributed by atoms with Crippen LogP contribution >= 0.6 is 22.9 Å². The number of rotatable bonds is 2. The summed E-state index contributed by atoms with van der Waals surface area (Å²) in [5.74, 6) is -0.706. The lowest BCUT2D eigenvalue weighted by atomic mass is 9.96. The lowest BCUT2D eigenvalue weighted by Crippen LogP contribution is -2.42. The maximum Gasteiger partial charge on any atom is 0.271 e. The second-order valence-electron chi connectivity index (χ2n) is 5.15. The standard InChI is InChI=1S/C16H15ClN2O2S/c17-13-7-3-1-6-11(13)15(20)18-19-16(21)12-9-22-14-8-4-2-5-10(12)14/h1,3,6-7,9H,2,4-5,8H2,(H,18,20)(H,19,21). The van der Waals surface area contributed by atoms with Crippen LogP contribution < -0.4 is 10.9 Å². The molecular weight excluding hydrogens is 320 g/mol. The third-order valence-electron chi connectivity index (χ3n) is 3.71. The molecule has 2 aromatic rings. The zero-order chi connectivity index (χ0) is 15.5. The lowest BCUT2D eigenvalue weighted by molar-refractivity contribution is 0.0846. The van der Waals surface area contributed by atoms with Crippen molar-refractivity contribution in [1.82, 2.24) is 10.9 Å². The van der Waals surface area contributed by atoms with Crippen LogP contribution in [-0.2, 0) is 12.8 Å². The molecule has 22 heavy (non-hydrogen) atoms. The Hall–Kier alpha value is -1.85. The van der Waals surface area contributed by atoms with Gasteiger partial charge in [-0.15, -0.1) is 11.3 Å². The Labute approximate surface area is 137 Å². The fourth-order valence-corrected chi connectivity index (χ4v) is 3.93. The Morgan fingerprint density at radius 1 is 1.00 bits per heavy atom. The number of hydrogen-bond acceptors (Lipinski definition) is 3. The van der Waals surface area contributed by atoms with Gasteiger partial charge in [0.1, 0.15) is 0 Å². The molecule has 0 radical (unpaired) electrons. The minimum absolute atomic E-state index is 0.278. The molecule has 0 saturated heterocycles. The molecule has 1 aromatic heterocycles. The Morgan fingerprint density at radius 2 is 1.68 bits per heavy atom. The van der Waals surface area contributed by atoms with Gasteiger partial charge in [0.25, 0.3) is 11.8 Å². The zero-order valence-corrected chi connectivity index (χ0v) is 13.4. The smallest absolute Gasteiger partial charge is 0.267 e. The van der Waals surface area contributed by atoms with Crippen LogP contribution in [0.5, 0.6) is 0 Å². The summed E-state index contributed by atoms with van der Waals surface area (Å²) in [6, 6.07) is 6.71. The Kier molecular flexibility index (Phi) is 4.45. The summed E-state index contributed by atoms with van der Waals surface area (Å²) in [5, 5.41) is 2.22. The second-order valence-corrected chi connectivity index (χ2v) is 6.52. The molecule has 1 aliphatic rings. The maximum absolute atomic E-state index is 12.2. The van der Waals surface area contributed by atoms with Gasteiger partial charge in [0, 0.05) is 10.3 Å². The van der Waals surface area contributed by atoms with Gasteiger partial charge in [-0.25, -0.2) is 0 Å². The van der Waals surface area contributed by atoms with Crippen LogP contribution in [-0.4, -0.2) is 11.8 Å². The number of carbonyl (C=O) groups excluding carboxylic acids is 2. The van der Waals surface area contributed by atoms with Crippen LogP contribution in [0.4, 0.5) is 0 Å². The summed E-state index contributed by atoms with van der Waals surface area (Å²) < 4.78 is 0. The highest BCUT2D eigenvalue weighted by atomic mass is 35.5. The topological polar surface area (TPSA) is 58.2 Å². The van der Waals surface area contributed by atoms with Crippen molar-refractivity contribution in [3.8, 4) is 0 Å². The van der Waals surface area contributed by atoms with Gasteiger partial charge in [-0.2, -0.15) is 0 Å². The van der Waals surface area contributed by atoms with Crippen LogP contribution in [0.25, 0.3) is 0 Å². The maximum atomic E-state index is 12.2. The third kappa shape index (κ3) is 3.00. The first-order valence-corrected chi connectivity index (χ1v) is 8.37. The normalized spacial score (nSPS) is 13.3. The van der Waals surface area contributed by atoms with E-state index in [1.807, 2.05) is 5.38 Å². The number of amides is 2. The number of carbonyl (C=O) groups is 2. The molecule has 1 aromatic carbocycles. The van der Waals surface area contributed by atoms with E-state index in [1.165, 1.54) is 11.3 Å². The number of thiophene rings is 1. The largest absolute Gasteiger partial charge is 0.271 e. The fraction of sp³-hybridized carbons (Fsp3) is 0.250. The molecule has 2 N–H and O–H groups in total. The van der Waals surface area contributed by atoms with Gasteiger partial charge in [-0.05, 0) is 43.4 Å². The Morgan fingerprint density at radius 3 is 2.45 bits per heavy atom. The lowest BCUT2D eigenvalue weighted by Gasteiger charge is -2.13. The fourth-order valence-electron chi connectivity index (χ4n) is 2.58. The summed E-state index contributed by atoms with van der Waals surface area (Å²) in [5.41, 5.74) is 7.01. The Bertz CT molecular complexity index is 727. The summed E-state index contributed by atoms with van der Waals surface area (Å²) in [4.78, 5) is 25.6. The molecule has 0 saturated carbocycles. The molecule has 0 aliphatic heterocycles. The number of hydrogen-bond donors (Lipinski definition) is 2. The van der Waals surface area contributed by atoms with Crippen molar-refractivity contribution in [2.75, 3.05) is 0 Å². The molecule has 0 unspecified atom stereocenters. The molecule has 0 spiro atoms. The van der Waals surface area contributed by atoms with Crippen molar-refractivity contribution in [3.05, 3.63) is 56.2 Å². The highest BCUT2D eigenvalue weighted by Crippen LogP contribution is 2.30. The first-order valence-electron chi connectivity index (χ1n) is 7.11. The molecule has 1 heterocycles. The van der Waals surface area contributed by atoms with E-state index >= 15 is 0 Å². The molecule has 114 valence electrons. The van der Waals surface area contributed by atoms with Gasteiger partial charge in [0.15, 0.2) is 0 Å². The summed E-state index contributed by atoms with van der Waals surface area (Å²) in [6.45, 7) is 0. The van der Waals surface area contributed by atoms with E-state index in [1.54, 1.807) is 35.6 Å². The highest BCUT2D eigenvalue weighted by Gasteiger charge is 2.20. The SMILES string of the molecule is O=C(NNC(=O)c1csc2c1CCCC2)c1ccccc1Cl. The molecule has 4 nitrogen and oxygen atoms in total. The van der Waals surface area contributed by atoms with Gasteiger partial charge in [0.2, 0.25) is 0 Å². The van der Waals surface area contributed by atoms with E-state index in [-0.39, 0.29) is 5.91 Å².